The molecule has 1 N–H and O–H groups in total. The van der Waals surface area contributed by atoms with Crippen LogP contribution in [0.2, 0.25) is 0 Å². The molecule has 1 saturated heterocycles. The van der Waals surface area contributed by atoms with Crippen LogP contribution in [0.1, 0.15) is 17.5 Å². The molecule has 6 heteroatoms. The Morgan fingerprint density at radius 2 is 2.00 bits per heavy atom. The van der Waals surface area contributed by atoms with Crippen molar-refractivity contribution in [2.75, 3.05) is 13.7 Å². The maximum absolute atomic E-state index is 12.4. The second kappa shape index (κ2) is 5.93. The van der Waals surface area contributed by atoms with Crippen molar-refractivity contribution in [3.63, 3.8) is 0 Å². The molecule has 1 aromatic carbocycles. The van der Waals surface area contributed by atoms with Crippen LogP contribution in [-0.4, -0.2) is 31.6 Å². The van der Waals surface area contributed by atoms with E-state index in [9.17, 15) is 18.0 Å². The van der Waals surface area contributed by atoms with Crippen LogP contribution in [-0.2, 0) is 22.1 Å². The zero-order chi connectivity index (χ0) is 14.8. The highest BCUT2D eigenvalue weighted by Gasteiger charge is 2.31. The largest absolute Gasteiger partial charge is 0.416 e. The van der Waals surface area contributed by atoms with Gasteiger partial charge in [-0.15, -0.1) is 0 Å². The molecule has 0 spiro atoms. The van der Waals surface area contributed by atoms with E-state index in [1.165, 1.54) is 12.1 Å². The minimum absolute atomic E-state index is 0.0238. The first-order chi connectivity index (χ1) is 9.40. The smallest absolute Gasteiger partial charge is 0.380 e. The van der Waals surface area contributed by atoms with E-state index in [4.69, 9.17) is 4.74 Å². The van der Waals surface area contributed by atoms with Crippen molar-refractivity contribution >= 4 is 5.78 Å². The molecule has 1 aliphatic heterocycles. The summed E-state index contributed by atoms with van der Waals surface area (Å²) in [6, 6.07) is 4.43. The molecule has 0 aliphatic carbocycles. The molecule has 1 aromatic rings. The van der Waals surface area contributed by atoms with Gasteiger partial charge in [0, 0.05) is 20.1 Å². The van der Waals surface area contributed by atoms with E-state index in [0.717, 1.165) is 12.1 Å². The number of benzene rings is 1. The van der Waals surface area contributed by atoms with Crippen molar-refractivity contribution in [1.82, 2.24) is 5.32 Å². The maximum Gasteiger partial charge on any atom is 0.416 e. The summed E-state index contributed by atoms with van der Waals surface area (Å²) in [5, 5.41) is 3.06. The fourth-order valence-electron chi connectivity index (χ4n) is 2.26. The Labute approximate surface area is 115 Å². The van der Waals surface area contributed by atoms with Crippen molar-refractivity contribution in [2.45, 2.75) is 31.2 Å². The van der Waals surface area contributed by atoms with Gasteiger partial charge in [-0.05, 0) is 24.1 Å². The molecular weight excluding hydrogens is 271 g/mol. The van der Waals surface area contributed by atoms with Crippen molar-refractivity contribution in [1.29, 1.82) is 0 Å². The van der Waals surface area contributed by atoms with Crippen molar-refractivity contribution < 1.29 is 22.7 Å². The van der Waals surface area contributed by atoms with Crippen LogP contribution >= 0.6 is 0 Å². The number of methoxy groups -OCH3 is 1. The Hall–Kier alpha value is -1.40. The van der Waals surface area contributed by atoms with Crippen LogP contribution in [0.25, 0.3) is 0 Å². The SMILES string of the molecule is COC1CNC(C(=O)Cc2ccc(C(F)(F)F)cc2)C1. The molecule has 2 atom stereocenters. The molecule has 0 radical (unpaired) electrons. The lowest BCUT2D eigenvalue weighted by Crippen LogP contribution is -2.31. The predicted octanol–water partition coefficient (Wildman–Crippen LogP) is 2.19. The minimum atomic E-state index is -4.35. The lowest BCUT2D eigenvalue weighted by atomic mass is 10.0. The summed E-state index contributed by atoms with van der Waals surface area (Å²) >= 11 is 0. The Balaban J connectivity index is 1.95. The zero-order valence-electron chi connectivity index (χ0n) is 11.0. The molecule has 1 heterocycles. The number of carbonyl (C=O) groups is 1. The van der Waals surface area contributed by atoms with Crippen molar-refractivity contribution in [3.05, 3.63) is 35.4 Å². The molecule has 1 fully saturated rings. The number of rotatable bonds is 4. The van der Waals surface area contributed by atoms with Crippen LogP contribution in [0.4, 0.5) is 13.2 Å². The first kappa shape index (κ1) is 15.0. The van der Waals surface area contributed by atoms with Gasteiger partial charge in [0.1, 0.15) is 0 Å². The predicted molar refractivity (Wildman–Crippen MR) is 67.4 cm³/mol. The van der Waals surface area contributed by atoms with Gasteiger partial charge in [-0.1, -0.05) is 12.1 Å². The van der Waals surface area contributed by atoms with Gasteiger partial charge in [0.2, 0.25) is 0 Å². The Morgan fingerprint density at radius 3 is 2.50 bits per heavy atom. The van der Waals surface area contributed by atoms with Gasteiger partial charge in [-0.3, -0.25) is 4.79 Å². The molecule has 3 nitrogen and oxygen atoms in total. The van der Waals surface area contributed by atoms with Gasteiger partial charge >= 0.3 is 6.18 Å². The van der Waals surface area contributed by atoms with Crippen LogP contribution in [0.3, 0.4) is 0 Å². The number of hydrogen-bond donors (Lipinski definition) is 1. The summed E-state index contributed by atoms with van der Waals surface area (Å²) in [6.45, 7) is 0.625. The number of hydrogen-bond acceptors (Lipinski definition) is 3. The molecule has 20 heavy (non-hydrogen) atoms. The number of alkyl halides is 3. The molecule has 2 unspecified atom stereocenters. The Morgan fingerprint density at radius 1 is 1.35 bits per heavy atom. The number of ketones is 1. The number of halogens is 3. The lowest BCUT2D eigenvalue weighted by molar-refractivity contribution is -0.137. The first-order valence-electron chi connectivity index (χ1n) is 6.35. The minimum Gasteiger partial charge on any atom is -0.380 e. The third-order valence-electron chi connectivity index (χ3n) is 3.47. The van der Waals surface area contributed by atoms with Gasteiger partial charge in [-0.2, -0.15) is 13.2 Å². The number of ether oxygens (including phenoxy) is 1. The van der Waals surface area contributed by atoms with Gasteiger partial charge in [0.05, 0.1) is 17.7 Å². The van der Waals surface area contributed by atoms with E-state index in [-0.39, 0.29) is 24.3 Å². The number of carbonyl (C=O) groups excluding carboxylic acids is 1. The van der Waals surface area contributed by atoms with Gasteiger partial charge in [0.15, 0.2) is 5.78 Å². The third-order valence-corrected chi connectivity index (χ3v) is 3.47. The Bertz CT molecular complexity index is 470. The standard InChI is InChI=1S/C14H16F3NO2/c1-20-11-7-12(18-8-11)13(19)6-9-2-4-10(5-3-9)14(15,16)17/h2-5,11-12,18H,6-8H2,1H3. The molecule has 0 bridgehead atoms. The Kier molecular flexibility index (Phi) is 4.45. The molecule has 2 rings (SSSR count). The van der Waals surface area contributed by atoms with Crippen LogP contribution < -0.4 is 5.32 Å². The van der Waals surface area contributed by atoms with Crippen molar-refractivity contribution in [2.24, 2.45) is 0 Å². The zero-order valence-corrected chi connectivity index (χ0v) is 11.0. The number of Topliss-reactive ketones (excluding diaryl/α,β-unsaturated/α-hetero) is 1. The highest BCUT2D eigenvalue weighted by atomic mass is 19.4. The average molecular weight is 287 g/mol. The maximum atomic E-state index is 12.4. The molecule has 1 aliphatic rings. The van der Waals surface area contributed by atoms with E-state index < -0.39 is 11.7 Å². The van der Waals surface area contributed by atoms with E-state index >= 15 is 0 Å². The summed E-state index contributed by atoms with van der Waals surface area (Å²) in [4.78, 5) is 12.0. The third kappa shape index (κ3) is 3.58. The lowest BCUT2D eigenvalue weighted by Gasteiger charge is -2.10. The van der Waals surface area contributed by atoms with Crippen LogP contribution in [0.15, 0.2) is 24.3 Å². The summed E-state index contributed by atoms with van der Waals surface area (Å²) in [5.74, 6) is -0.0238. The monoisotopic (exact) mass is 287 g/mol. The average Bonchev–Trinajstić information content (AvgIpc) is 2.87. The molecule has 110 valence electrons. The summed E-state index contributed by atoms with van der Waals surface area (Å²) in [5.41, 5.74) is -0.113. The second-order valence-electron chi connectivity index (χ2n) is 4.89. The van der Waals surface area contributed by atoms with E-state index in [1.807, 2.05) is 0 Å². The fraction of sp³-hybridized carbons (Fsp3) is 0.500. The van der Waals surface area contributed by atoms with Crippen LogP contribution in [0.5, 0.6) is 0 Å². The van der Waals surface area contributed by atoms with E-state index in [0.29, 0.717) is 18.5 Å². The first-order valence-corrected chi connectivity index (χ1v) is 6.35. The molecule has 0 amide bonds. The highest BCUT2D eigenvalue weighted by molar-refractivity contribution is 5.86. The molecular formula is C14H16F3NO2. The summed E-state index contributed by atoms with van der Waals surface area (Å²) in [6.07, 6.45) is -3.58. The van der Waals surface area contributed by atoms with Gasteiger partial charge in [0.25, 0.3) is 0 Å². The van der Waals surface area contributed by atoms with E-state index in [2.05, 4.69) is 5.32 Å². The summed E-state index contributed by atoms with van der Waals surface area (Å²) < 4.78 is 42.4. The molecule has 0 saturated carbocycles. The quantitative estimate of drug-likeness (QED) is 0.922. The van der Waals surface area contributed by atoms with Crippen LogP contribution in [0, 0.1) is 0 Å². The second-order valence-corrected chi connectivity index (χ2v) is 4.89. The normalized spacial score (nSPS) is 23.0. The number of nitrogens with one attached hydrogen (secondary N) is 1. The topological polar surface area (TPSA) is 38.3 Å². The fourth-order valence-corrected chi connectivity index (χ4v) is 2.26. The van der Waals surface area contributed by atoms with E-state index in [1.54, 1.807) is 7.11 Å². The highest BCUT2D eigenvalue weighted by Crippen LogP contribution is 2.29. The van der Waals surface area contributed by atoms with Gasteiger partial charge in [-0.25, -0.2) is 0 Å². The van der Waals surface area contributed by atoms with Crippen molar-refractivity contribution in [3.8, 4) is 0 Å². The summed E-state index contributed by atoms with van der Waals surface area (Å²) in [7, 11) is 1.59. The molecule has 0 aromatic heterocycles. The van der Waals surface area contributed by atoms with Gasteiger partial charge < -0.3 is 10.1 Å².